The van der Waals surface area contributed by atoms with E-state index in [0.717, 1.165) is 32.8 Å². The van der Waals surface area contributed by atoms with Crippen LogP contribution in [0.1, 0.15) is 16.7 Å². The molecule has 0 unspecified atom stereocenters. The Kier molecular flexibility index (Phi) is 8.10. The van der Waals surface area contributed by atoms with Gasteiger partial charge in [0.15, 0.2) is 0 Å². The first kappa shape index (κ1) is 22.2. The zero-order valence-electron chi connectivity index (χ0n) is 17.2. The quantitative estimate of drug-likeness (QED) is 0.317. The Morgan fingerprint density at radius 1 is 0.500 bits per heavy atom. The van der Waals surface area contributed by atoms with Crippen molar-refractivity contribution in [2.24, 2.45) is 15.0 Å². The third kappa shape index (κ3) is 5.57. The van der Waals surface area contributed by atoms with Gasteiger partial charge in [-0.05, 0) is 38.2 Å². The molecule has 4 aromatic carbocycles. The lowest BCUT2D eigenvalue weighted by Crippen LogP contribution is -1.94. The largest absolute Gasteiger partial charge is 0.235 e. The third-order valence-electron chi connectivity index (χ3n) is 4.95. The van der Waals surface area contributed by atoms with Gasteiger partial charge in [-0.3, -0.25) is 0 Å². The molecule has 0 aliphatic rings. The minimum absolute atomic E-state index is 0.245. The van der Waals surface area contributed by atoms with Gasteiger partial charge >= 0.3 is 0 Å². The monoisotopic (exact) mass is 421 g/mol. The van der Waals surface area contributed by atoms with Crippen LogP contribution in [0.25, 0.3) is 21.5 Å². The summed E-state index contributed by atoms with van der Waals surface area (Å²) in [7, 11) is 0. The number of benzene rings is 4. The number of aliphatic imine (C=N–C) groups is 3. The van der Waals surface area contributed by atoms with Gasteiger partial charge in [-0.1, -0.05) is 78.9 Å². The SMILES string of the molecule is O=C=NCc1ccc2ccccc2c1CN=C=O.O=C=NCc1cccc2ccccc12. The molecule has 0 heterocycles. The normalized spacial score (nSPS) is 9.62. The fourth-order valence-electron chi connectivity index (χ4n) is 3.49. The maximum absolute atomic E-state index is 10.3. The third-order valence-corrected chi connectivity index (χ3v) is 4.95. The number of isocyanates is 3. The summed E-state index contributed by atoms with van der Waals surface area (Å²) < 4.78 is 0. The Balaban J connectivity index is 0.000000186. The second kappa shape index (κ2) is 11.7. The molecular formula is C26H19N3O3. The molecule has 0 bridgehead atoms. The zero-order chi connectivity index (χ0) is 22.6. The van der Waals surface area contributed by atoms with E-state index >= 15 is 0 Å². The molecule has 0 fully saturated rings. The molecule has 0 saturated heterocycles. The first-order valence-electron chi connectivity index (χ1n) is 9.85. The van der Waals surface area contributed by atoms with Crippen LogP contribution in [-0.4, -0.2) is 18.2 Å². The van der Waals surface area contributed by atoms with Gasteiger partial charge in [0.1, 0.15) is 0 Å². The van der Waals surface area contributed by atoms with Crippen molar-refractivity contribution in [1.29, 1.82) is 0 Å². The molecular weight excluding hydrogens is 402 g/mol. The van der Waals surface area contributed by atoms with Gasteiger partial charge in [0.2, 0.25) is 18.2 Å². The number of rotatable bonds is 6. The van der Waals surface area contributed by atoms with Crippen molar-refractivity contribution in [2.75, 3.05) is 0 Å². The summed E-state index contributed by atoms with van der Waals surface area (Å²) in [6.45, 7) is 0.900. The Morgan fingerprint density at radius 2 is 1.03 bits per heavy atom. The fourth-order valence-corrected chi connectivity index (χ4v) is 3.49. The summed E-state index contributed by atoms with van der Waals surface area (Å²) in [5.74, 6) is 0. The van der Waals surface area contributed by atoms with Crippen LogP contribution in [0.3, 0.4) is 0 Å². The minimum Gasteiger partial charge on any atom is -0.211 e. The summed E-state index contributed by atoms with van der Waals surface area (Å²) in [5, 5.41) is 4.39. The van der Waals surface area contributed by atoms with E-state index in [1.807, 2.05) is 78.9 Å². The highest BCUT2D eigenvalue weighted by Crippen LogP contribution is 2.24. The molecule has 0 aliphatic heterocycles. The van der Waals surface area contributed by atoms with Crippen molar-refractivity contribution in [1.82, 2.24) is 0 Å². The molecule has 0 radical (unpaired) electrons. The second-order valence-corrected chi connectivity index (χ2v) is 6.79. The van der Waals surface area contributed by atoms with Gasteiger partial charge in [0.05, 0.1) is 19.6 Å². The zero-order valence-corrected chi connectivity index (χ0v) is 17.2. The maximum Gasteiger partial charge on any atom is 0.235 e. The van der Waals surface area contributed by atoms with E-state index < -0.39 is 0 Å². The van der Waals surface area contributed by atoms with Crippen molar-refractivity contribution >= 4 is 39.8 Å². The first-order valence-corrected chi connectivity index (χ1v) is 9.85. The van der Waals surface area contributed by atoms with Gasteiger partial charge in [-0.25, -0.2) is 29.4 Å². The van der Waals surface area contributed by atoms with Crippen molar-refractivity contribution in [3.05, 3.63) is 95.6 Å². The highest BCUT2D eigenvalue weighted by molar-refractivity contribution is 5.87. The topological polar surface area (TPSA) is 88.3 Å². The summed E-state index contributed by atoms with van der Waals surface area (Å²) in [6, 6.07) is 25.7. The minimum atomic E-state index is 0.245. The average molecular weight is 421 g/mol. The molecule has 4 aromatic rings. The highest BCUT2D eigenvalue weighted by Gasteiger charge is 2.06. The van der Waals surface area contributed by atoms with Crippen molar-refractivity contribution in [3.63, 3.8) is 0 Å². The molecule has 0 amide bonds. The summed E-state index contributed by atoms with van der Waals surface area (Å²) >= 11 is 0. The molecule has 32 heavy (non-hydrogen) atoms. The standard InChI is InChI=1S/C14H10N2O2.C12H9NO/c17-9-15-7-12-6-5-11-3-1-2-4-13(11)14(12)8-16-10-18;14-9-13-8-11-6-3-5-10-4-1-2-7-12(10)11/h1-6H,7-8H2;1-7H,8H2. The molecule has 0 N–H and O–H groups in total. The van der Waals surface area contributed by atoms with Gasteiger partial charge in [0.25, 0.3) is 0 Å². The Labute approximate surface area is 184 Å². The molecule has 4 rings (SSSR count). The number of nitrogens with zero attached hydrogens (tertiary/aromatic N) is 3. The van der Waals surface area contributed by atoms with Crippen LogP contribution in [0.4, 0.5) is 0 Å². The van der Waals surface area contributed by atoms with Crippen LogP contribution in [0.2, 0.25) is 0 Å². The summed E-state index contributed by atoms with van der Waals surface area (Å²) in [6.07, 6.45) is 4.60. The van der Waals surface area contributed by atoms with E-state index in [1.54, 1.807) is 6.08 Å². The molecule has 0 atom stereocenters. The van der Waals surface area contributed by atoms with Gasteiger partial charge in [0, 0.05) is 0 Å². The number of hydrogen-bond donors (Lipinski definition) is 0. The molecule has 6 heteroatoms. The number of hydrogen-bond acceptors (Lipinski definition) is 6. The smallest absolute Gasteiger partial charge is 0.211 e. The van der Waals surface area contributed by atoms with E-state index in [2.05, 4.69) is 15.0 Å². The predicted octanol–water partition coefficient (Wildman–Crippen LogP) is 5.19. The summed E-state index contributed by atoms with van der Waals surface area (Å²) in [5.41, 5.74) is 2.83. The number of carbonyl (C=O) groups excluding carboxylic acids is 3. The van der Waals surface area contributed by atoms with Crippen molar-refractivity contribution < 1.29 is 14.4 Å². The predicted molar refractivity (Wildman–Crippen MR) is 123 cm³/mol. The lowest BCUT2D eigenvalue weighted by atomic mass is 9.99. The van der Waals surface area contributed by atoms with Crippen LogP contribution in [0.15, 0.2) is 93.8 Å². The van der Waals surface area contributed by atoms with Crippen molar-refractivity contribution in [3.8, 4) is 0 Å². The lowest BCUT2D eigenvalue weighted by Gasteiger charge is -2.08. The summed E-state index contributed by atoms with van der Waals surface area (Å²) in [4.78, 5) is 41.2. The van der Waals surface area contributed by atoms with Crippen LogP contribution in [0, 0.1) is 0 Å². The van der Waals surface area contributed by atoms with Crippen molar-refractivity contribution in [2.45, 2.75) is 19.6 Å². The van der Waals surface area contributed by atoms with Gasteiger partial charge in [-0.15, -0.1) is 0 Å². The highest BCUT2D eigenvalue weighted by atomic mass is 16.1. The Bertz CT molecular complexity index is 1370. The van der Waals surface area contributed by atoms with Crippen LogP contribution in [0.5, 0.6) is 0 Å². The van der Waals surface area contributed by atoms with E-state index in [0.29, 0.717) is 6.54 Å². The maximum atomic E-state index is 10.3. The van der Waals surface area contributed by atoms with Crippen LogP contribution < -0.4 is 0 Å². The van der Waals surface area contributed by atoms with Gasteiger partial charge in [-0.2, -0.15) is 0 Å². The second-order valence-electron chi connectivity index (χ2n) is 6.79. The molecule has 156 valence electrons. The van der Waals surface area contributed by atoms with E-state index in [-0.39, 0.29) is 13.1 Å². The molecule has 0 spiro atoms. The number of fused-ring (bicyclic) bond motifs is 2. The first-order chi connectivity index (χ1) is 15.8. The lowest BCUT2D eigenvalue weighted by molar-refractivity contribution is 0.561. The van der Waals surface area contributed by atoms with Crippen LogP contribution in [-0.2, 0) is 34.0 Å². The fraction of sp³-hybridized carbons (Fsp3) is 0.115. The van der Waals surface area contributed by atoms with Crippen LogP contribution >= 0.6 is 0 Å². The molecule has 0 aromatic heterocycles. The Morgan fingerprint density at radius 3 is 1.72 bits per heavy atom. The van der Waals surface area contributed by atoms with E-state index in [4.69, 9.17) is 0 Å². The van der Waals surface area contributed by atoms with Gasteiger partial charge < -0.3 is 0 Å². The molecule has 0 saturated carbocycles. The van der Waals surface area contributed by atoms with E-state index in [1.165, 1.54) is 17.5 Å². The Hall–Kier alpha value is -4.46. The average Bonchev–Trinajstić information content (AvgIpc) is 2.85. The molecule has 6 nitrogen and oxygen atoms in total. The molecule has 0 aliphatic carbocycles. The van der Waals surface area contributed by atoms with E-state index in [9.17, 15) is 14.4 Å².